The van der Waals surface area contributed by atoms with Crippen LogP contribution in [0.1, 0.15) is 27.0 Å². The molecule has 0 radical (unpaired) electrons. The van der Waals surface area contributed by atoms with Gasteiger partial charge in [0.25, 0.3) is 5.56 Å². The van der Waals surface area contributed by atoms with Crippen LogP contribution in [0.25, 0.3) is 10.2 Å². The van der Waals surface area contributed by atoms with Crippen LogP contribution < -0.4 is 11.2 Å². The molecule has 2 N–H and O–H groups in total. The molecule has 2 aromatic heterocycles. The molecule has 1 aromatic carbocycles. The number of aromatic nitrogens is 2. The van der Waals surface area contributed by atoms with Gasteiger partial charge in [-0.1, -0.05) is 11.6 Å². The lowest BCUT2D eigenvalue weighted by Crippen LogP contribution is -2.31. The molecule has 3 rings (SSSR count). The quantitative estimate of drug-likeness (QED) is 0.681. The number of alkyl halides is 3. The molecule has 0 unspecified atom stereocenters. The lowest BCUT2D eigenvalue weighted by Gasteiger charge is -2.12. The maximum Gasteiger partial charge on any atom is 0.418 e. The molecule has 0 atom stereocenters. The van der Waals surface area contributed by atoms with Gasteiger partial charge in [0.1, 0.15) is 4.83 Å². The van der Waals surface area contributed by atoms with Gasteiger partial charge in [0, 0.05) is 5.38 Å². The Bertz CT molecular complexity index is 1190. The molecule has 0 aliphatic heterocycles. The van der Waals surface area contributed by atoms with Crippen LogP contribution in [0.5, 0.6) is 0 Å². The van der Waals surface area contributed by atoms with Crippen molar-refractivity contribution < 1.29 is 23.1 Å². The fraction of sp³-hybridized carbons (Fsp3) is 0.188. The summed E-state index contributed by atoms with van der Waals surface area (Å²) in [6.07, 6.45) is -4.75. The highest BCUT2D eigenvalue weighted by Crippen LogP contribution is 2.36. The number of nitrogens with zero attached hydrogens (tertiary/aromatic N) is 1. The number of thiophene rings is 1. The van der Waals surface area contributed by atoms with Crippen molar-refractivity contribution in [3.05, 3.63) is 65.6 Å². The van der Waals surface area contributed by atoms with E-state index in [1.807, 2.05) is 4.98 Å². The minimum atomic E-state index is -4.75. The Kier molecular flexibility index (Phi) is 4.64. The average molecular weight is 419 g/mol. The summed E-state index contributed by atoms with van der Waals surface area (Å²) in [7, 11) is 0. The highest BCUT2D eigenvalue weighted by atomic mass is 35.5. The first-order valence-electron chi connectivity index (χ1n) is 7.34. The van der Waals surface area contributed by atoms with E-state index in [2.05, 4.69) is 0 Å². The first-order chi connectivity index (χ1) is 12.5. The molecule has 6 nitrogen and oxygen atoms in total. The summed E-state index contributed by atoms with van der Waals surface area (Å²) >= 11 is 6.50. The molecule has 0 amide bonds. The Morgan fingerprint density at radius 1 is 1.33 bits per heavy atom. The Morgan fingerprint density at radius 3 is 2.59 bits per heavy atom. The summed E-state index contributed by atoms with van der Waals surface area (Å²) in [6, 6.07) is 2.64. The highest BCUT2D eigenvalue weighted by molar-refractivity contribution is 7.17. The van der Waals surface area contributed by atoms with Crippen molar-refractivity contribution in [2.45, 2.75) is 19.6 Å². The van der Waals surface area contributed by atoms with E-state index in [0.29, 0.717) is 22.5 Å². The van der Waals surface area contributed by atoms with E-state index >= 15 is 0 Å². The van der Waals surface area contributed by atoms with Gasteiger partial charge in [-0.15, -0.1) is 11.3 Å². The standard InChI is InChI=1S/C16H10ClF3N2O4S/c1-6-2-10(17)8(14(24)25)3-7(6)4-22-13-11(12(23)21-15(22)26)9(5-27-13)16(18,19)20/h2-3,5H,4H2,1H3,(H,24,25)(H,21,23,26). The van der Waals surface area contributed by atoms with Crippen LogP contribution in [0.4, 0.5) is 13.2 Å². The normalized spacial score (nSPS) is 11.9. The van der Waals surface area contributed by atoms with Gasteiger partial charge < -0.3 is 5.11 Å². The maximum absolute atomic E-state index is 13.1. The Balaban J connectivity index is 2.24. The van der Waals surface area contributed by atoms with Crippen molar-refractivity contribution in [3.8, 4) is 0 Å². The van der Waals surface area contributed by atoms with Crippen LogP contribution in [-0.2, 0) is 12.7 Å². The number of carboxylic acids is 1. The first-order valence-corrected chi connectivity index (χ1v) is 8.60. The molecule has 0 fully saturated rings. The second-order valence-corrected chi connectivity index (χ2v) is 7.00. The van der Waals surface area contributed by atoms with Gasteiger partial charge in [-0.3, -0.25) is 14.3 Å². The number of aromatic carboxylic acids is 1. The van der Waals surface area contributed by atoms with Gasteiger partial charge in [-0.05, 0) is 30.2 Å². The van der Waals surface area contributed by atoms with Crippen molar-refractivity contribution >= 4 is 39.1 Å². The zero-order valence-corrected chi connectivity index (χ0v) is 15.1. The first kappa shape index (κ1) is 19.2. The summed E-state index contributed by atoms with van der Waals surface area (Å²) < 4.78 is 40.4. The van der Waals surface area contributed by atoms with E-state index in [4.69, 9.17) is 11.6 Å². The van der Waals surface area contributed by atoms with Gasteiger partial charge in [-0.25, -0.2) is 9.59 Å². The molecule has 0 saturated heterocycles. The number of fused-ring (bicyclic) bond motifs is 1. The third kappa shape index (κ3) is 3.37. The molecule has 27 heavy (non-hydrogen) atoms. The summed E-state index contributed by atoms with van der Waals surface area (Å²) in [4.78, 5) is 37.1. The smallest absolute Gasteiger partial charge is 0.418 e. The summed E-state index contributed by atoms with van der Waals surface area (Å²) in [6.45, 7) is 1.39. The zero-order chi connectivity index (χ0) is 20.1. The van der Waals surface area contributed by atoms with Gasteiger partial charge >= 0.3 is 17.8 Å². The zero-order valence-electron chi connectivity index (χ0n) is 13.5. The molecule has 2 heterocycles. The number of carboxylic acid groups (broad SMARTS) is 1. The largest absolute Gasteiger partial charge is 0.478 e. The van der Waals surface area contributed by atoms with Crippen LogP contribution in [0.3, 0.4) is 0 Å². The second-order valence-electron chi connectivity index (χ2n) is 5.74. The van der Waals surface area contributed by atoms with Crippen molar-refractivity contribution in [1.82, 2.24) is 9.55 Å². The van der Waals surface area contributed by atoms with E-state index in [1.165, 1.54) is 12.1 Å². The average Bonchev–Trinajstić information content (AvgIpc) is 2.98. The molecule has 0 aliphatic carbocycles. The number of benzene rings is 1. The maximum atomic E-state index is 13.1. The van der Waals surface area contributed by atoms with Crippen molar-refractivity contribution in [2.24, 2.45) is 0 Å². The number of aryl methyl sites for hydroxylation is 1. The third-order valence-electron chi connectivity index (χ3n) is 4.00. The van der Waals surface area contributed by atoms with Crippen LogP contribution in [0.15, 0.2) is 27.1 Å². The number of carbonyl (C=O) groups is 1. The van der Waals surface area contributed by atoms with Crippen LogP contribution in [0.2, 0.25) is 5.02 Å². The van der Waals surface area contributed by atoms with Crippen LogP contribution in [0, 0.1) is 6.92 Å². The van der Waals surface area contributed by atoms with E-state index in [0.717, 1.165) is 9.95 Å². The molecule has 11 heteroatoms. The minimum Gasteiger partial charge on any atom is -0.478 e. The fourth-order valence-electron chi connectivity index (χ4n) is 2.66. The number of nitrogens with one attached hydrogen (secondary N) is 1. The van der Waals surface area contributed by atoms with E-state index < -0.39 is 34.3 Å². The van der Waals surface area contributed by atoms with Gasteiger partial charge in [0.2, 0.25) is 0 Å². The summed E-state index contributed by atoms with van der Waals surface area (Å²) in [5.41, 5.74) is -2.43. The number of rotatable bonds is 3. The molecule has 3 aromatic rings. The Labute approximate surface area is 157 Å². The van der Waals surface area contributed by atoms with E-state index in [-0.39, 0.29) is 22.0 Å². The van der Waals surface area contributed by atoms with Gasteiger partial charge in [0.15, 0.2) is 0 Å². The molecular weight excluding hydrogens is 409 g/mol. The minimum absolute atomic E-state index is 0.00167. The third-order valence-corrected chi connectivity index (χ3v) is 5.31. The highest BCUT2D eigenvalue weighted by Gasteiger charge is 2.35. The molecular formula is C16H10ClF3N2O4S. The molecule has 0 saturated carbocycles. The molecule has 0 spiro atoms. The van der Waals surface area contributed by atoms with E-state index in [9.17, 15) is 32.7 Å². The topological polar surface area (TPSA) is 92.2 Å². The lowest BCUT2D eigenvalue weighted by atomic mass is 10.0. The van der Waals surface area contributed by atoms with E-state index in [1.54, 1.807) is 6.92 Å². The number of halogens is 4. The predicted molar refractivity (Wildman–Crippen MR) is 94.0 cm³/mol. The van der Waals surface area contributed by atoms with Crippen molar-refractivity contribution in [1.29, 1.82) is 0 Å². The van der Waals surface area contributed by atoms with Crippen molar-refractivity contribution in [2.75, 3.05) is 0 Å². The summed E-state index contributed by atoms with van der Waals surface area (Å²) in [5.74, 6) is -1.28. The van der Waals surface area contributed by atoms with Crippen molar-refractivity contribution in [3.63, 3.8) is 0 Å². The van der Waals surface area contributed by atoms with Gasteiger partial charge in [0.05, 0.1) is 28.1 Å². The SMILES string of the molecule is Cc1cc(Cl)c(C(=O)O)cc1Cn1c(=O)[nH]c(=O)c2c(C(F)(F)F)csc21. The lowest BCUT2D eigenvalue weighted by molar-refractivity contribution is -0.136. The molecule has 142 valence electrons. The number of hydrogen-bond donors (Lipinski definition) is 2. The monoisotopic (exact) mass is 418 g/mol. The van der Waals surface area contributed by atoms with Crippen LogP contribution >= 0.6 is 22.9 Å². The number of H-pyrrole nitrogens is 1. The summed E-state index contributed by atoms with van der Waals surface area (Å²) in [5, 5.41) is 9.32. The Hall–Kier alpha value is -2.59. The number of aromatic amines is 1. The molecule has 0 bridgehead atoms. The van der Waals surface area contributed by atoms with Crippen LogP contribution in [-0.4, -0.2) is 20.6 Å². The predicted octanol–water partition coefficient (Wildman–Crippen LogP) is 3.48. The fourth-order valence-corrected chi connectivity index (χ4v) is 4.03. The Morgan fingerprint density at radius 2 is 2.00 bits per heavy atom. The number of hydrogen-bond acceptors (Lipinski definition) is 4. The van der Waals surface area contributed by atoms with Gasteiger partial charge in [-0.2, -0.15) is 13.2 Å². The second kappa shape index (κ2) is 6.54. The molecule has 0 aliphatic rings.